The molecule has 1 spiro atoms. The maximum absolute atomic E-state index is 13.0. The summed E-state index contributed by atoms with van der Waals surface area (Å²) in [6.45, 7) is 3.62. The molecule has 0 bridgehead atoms. The first-order chi connectivity index (χ1) is 10.7. The van der Waals surface area contributed by atoms with E-state index in [2.05, 4.69) is 14.8 Å². The van der Waals surface area contributed by atoms with E-state index in [0.717, 1.165) is 62.2 Å². The maximum Gasteiger partial charge on any atom is 0.230 e. The fourth-order valence-corrected chi connectivity index (χ4v) is 4.71. The van der Waals surface area contributed by atoms with Crippen LogP contribution in [0.2, 0.25) is 0 Å². The van der Waals surface area contributed by atoms with Crippen LogP contribution in [-0.2, 0) is 11.4 Å². The molecular weight excluding hydrogens is 298 g/mol. The Morgan fingerprint density at radius 3 is 2.95 bits per heavy atom. The number of hydrogen-bond acceptors (Lipinski definition) is 5. The van der Waals surface area contributed by atoms with Crippen molar-refractivity contribution >= 4 is 22.4 Å². The van der Waals surface area contributed by atoms with E-state index in [1.165, 1.54) is 12.8 Å². The van der Waals surface area contributed by atoms with E-state index in [4.69, 9.17) is 5.11 Å². The van der Waals surface area contributed by atoms with Gasteiger partial charge in [0.1, 0.15) is 0 Å². The zero-order valence-electron chi connectivity index (χ0n) is 12.8. The first-order valence-corrected chi connectivity index (χ1v) is 9.18. The minimum absolute atomic E-state index is 0.0103. The lowest BCUT2D eigenvalue weighted by molar-refractivity contribution is -0.145. The van der Waals surface area contributed by atoms with E-state index in [1.807, 2.05) is 5.38 Å². The number of aliphatic hydroxyl groups is 1. The lowest BCUT2D eigenvalue weighted by Gasteiger charge is -2.39. The van der Waals surface area contributed by atoms with Gasteiger partial charge in [-0.1, -0.05) is 0 Å². The number of thiazole rings is 1. The molecule has 1 aromatic rings. The van der Waals surface area contributed by atoms with Crippen LogP contribution in [0.15, 0.2) is 5.38 Å². The van der Waals surface area contributed by atoms with Crippen molar-refractivity contribution in [2.45, 2.75) is 38.7 Å². The highest BCUT2D eigenvalue weighted by Gasteiger charge is 2.49. The van der Waals surface area contributed by atoms with Crippen LogP contribution < -0.4 is 4.90 Å². The lowest BCUT2D eigenvalue weighted by atomic mass is 9.78. The van der Waals surface area contributed by atoms with Gasteiger partial charge >= 0.3 is 0 Å². The van der Waals surface area contributed by atoms with Gasteiger partial charge in [-0.05, 0) is 38.0 Å². The van der Waals surface area contributed by atoms with E-state index >= 15 is 0 Å². The number of carbonyl (C=O) groups is 1. The van der Waals surface area contributed by atoms with Crippen molar-refractivity contribution in [3.05, 3.63) is 11.1 Å². The number of hydrogen-bond donors (Lipinski definition) is 1. The third-order valence-corrected chi connectivity index (χ3v) is 6.28. The summed E-state index contributed by atoms with van der Waals surface area (Å²) < 4.78 is 0. The third-order valence-electron chi connectivity index (χ3n) is 5.33. The largest absolute Gasteiger partial charge is 0.390 e. The van der Waals surface area contributed by atoms with Crippen LogP contribution >= 0.6 is 11.3 Å². The second-order valence-electron chi connectivity index (χ2n) is 7.03. The predicted octanol–water partition coefficient (Wildman–Crippen LogP) is 1.86. The number of aliphatic hydroxyl groups excluding tert-OH is 1. The van der Waals surface area contributed by atoms with Crippen LogP contribution in [0.25, 0.3) is 0 Å². The number of nitrogens with zero attached hydrogens (tertiary/aromatic N) is 3. The highest BCUT2D eigenvalue weighted by molar-refractivity contribution is 7.13. The maximum atomic E-state index is 13.0. The summed E-state index contributed by atoms with van der Waals surface area (Å²) in [4.78, 5) is 21.8. The average molecular weight is 321 g/mol. The van der Waals surface area contributed by atoms with Crippen LogP contribution in [0.1, 0.15) is 37.8 Å². The Kier molecular flexibility index (Phi) is 3.61. The molecule has 3 heterocycles. The van der Waals surface area contributed by atoms with Gasteiger partial charge in [0.15, 0.2) is 5.13 Å². The predicted molar refractivity (Wildman–Crippen MR) is 85.8 cm³/mol. The van der Waals surface area contributed by atoms with E-state index in [-0.39, 0.29) is 12.0 Å². The molecular formula is C16H23N3O2S. The van der Waals surface area contributed by atoms with Crippen LogP contribution in [0.5, 0.6) is 0 Å². The molecule has 2 saturated heterocycles. The lowest BCUT2D eigenvalue weighted by Crippen LogP contribution is -2.50. The first kappa shape index (κ1) is 14.5. The minimum Gasteiger partial charge on any atom is -0.390 e. The van der Waals surface area contributed by atoms with Crippen molar-refractivity contribution in [3.8, 4) is 0 Å². The van der Waals surface area contributed by atoms with Crippen LogP contribution in [-0.4, -0.2) is 47.1 Å². The zero-order valence-corrected chi connectivity index (χ0v) is 13.6. The van der Waals surface area contributed by atoms with Gasteiger partial charge in [0.05, 0.1) is 17.7 Å². The number of likely N-dealkylation sites (tertiary alicyclic amines) is 1. The number of amides is 1. The van der Waals surface area contributed by atoms with Crippen LogP contribution in [0.3, 0.4) is 0 Å². The fraction of sp³-hybridized carbons (Fsp3) is 0.750. The van der Waals surface area contributed by atoms with E-state index < -0.39 is 0 Å². The molecule has 6 heteroatoms. The van der Waals surface area contributed by atoms with Crippen molar-refractivity contribution in [1.29, 1.82) is 0 Å². The molecule has 1 atom stereocenters. The molecule has 22 heavy (non-hydrogen) atoms. The smallest absolute Gasteiger partial charge is 0.230 e. The highest BCUT2D eigenvalue weighted by Crippen LogP contribution is 2.43. The van der Waals surface area contributed by atoms with Crippen LogP contribution in [0, 0.1) is 11.3 Å². The van der Waals surface area contributed by atoms with E-state index in [9.17, 15) is 4.79 Å². The molecule has 3 aliphatic rings. The minimum atomic E-state index is -0.182. The van der Waals surface area contributed by atoms with E-state index in [0.29, 0.717) is 5.91 Å². The Morgan fingerprint density at radius 2 is 2.23 bits per heavy atom. The molecule has 1 amide bonds. The Labute approximate surface area is 134 Å². The summed E-state index contributed by atoms with van der Waals surface area (Å²) in [6, 6.07) is 0. The molecule has 1 saturated carbocycles. The van der Waals surface area contributed by atoms with Gasteiger partial charge < -0.3 is 14.9 Å². The molecule has 120 valence electrons. The van der Waals surface area contributed by atoms with Crippen molar-refractivity contribution in [2.75, 3.05) is 31.1 Å². The Balaban J connectivity index is 1.48. The number of rotatable bonds is 4. The molecule has 0 aromatic carbocycles. The van der Waals surface area contributed by atoms with Gasteiger partial charge in [0.25, 0.3) is 0 Å². The van der Waals surface area contributed by atoms with Crippen LogP contribution in [0.4, 0.5) is 5.13 Å². The van der Waals surface area contributed by atoms with E-state index in [1.54, 1.807) is 11.3 Å². The second kappa shape index (κ2) is 5.49. The molecule has 1 aromatic heterocycles. The normalized spacial score (nSPS) is 28.9. The van der Waals surface area contributed by atoms with Gasteiger partial charge in [0.2, 0.25) is 5.91 Å². The van der Waals surface area contributed by atoms with Crippen molar-refractivity contribution in [2.24, 2.45) is 11.3 Å². The zero-order chi connectivity index (χ0) is 15.2. The number of anilines is 1. The molecule has 5 nitrogen and oxygen atoms in total. The average Bonchev–Trinajstić information content (AvgIpc) is 3.05. The SMILES string of the molecule is O=C1N(CC2CC2)CCC[C@@]12CCN(c1nc(CO)cs1)C2. The summed E-state index contributed by atoms with van der Waals surface area (Å²) >= 11 is 1.57. The first-order valence-electron chi connectivity index (χ1n) is 8.30. The second-order valence-corrected chi connectivity index (χ2v) is 7.87. The van der Waals surface area contributed by atoms with Crippen molar-refractivity contribution in [3.63, 3.8) is 0 Å². The molecule has 4 rings (SSSR count). The van der Waals surface area contributed by atoms with Crippen molar-refractivity contribution < 1.29 is 9.90 Å². The molecule has 2 aliphatic heterocycles. The molecule has 3 fully saturated rings. The number of aromatic nitrogens is 1. The molecule has 0 unspecified atom stereocenters. The summed E-state index contributed by atoms with van der Waals surface area (Å²) in [7, 11) is 0. The molecule has 1 aliphatic carbocycles. The van der Waals surface area contributed by atoms with Gasteiger partial charge in [-0.25, -0.2) is 4.98 Å². The quantitative estimate of drug-likeness (QED) is 0.920. The monoisotopic (exact) mass is 321 g/mol. The third kappa shape index (κ3) is 2.52. The standard InChI is InChI=1S/C16H23N3O2S/c20-9-13-10-22-15(17-13)19-7-5-16(11-19)4-1-6-18(14(16)21)8-12-2-3-12/h10,12,20H,1-9,11H2/t16-/m0/s1. The Morgan fingerprint density at radius 1 is 1.36 bits per heavy atom. The molecule has 1 N–H and O–H groups in total. The summed E-state index contributed by atoms with van der Waals surface area (Å²) in [5.41, 5.74) is 0.546. The van der Waals surface area contributed by atoms with Gasteiger partial charge in [-0.2, -0.15) is 0 Å². The van der Waals surface area contributed by atoms with Gasteiger partial charge in [-0.15, -0.1) is 11.3 Å². The van der Waals surface area contributed by atoms with Gasteiger partial charge in [-0.3, -0.25) is 4.79 Å². The Hall–Kier alpha value is -1.14. The summed E-state index contributed by atoms with van der Waals surface area (Å²) in [5.74, 6) is 1.15. The topological polar surface area (TPSA) is 56.7 Å². The fourth-order valence-electron chi connectivity index (χ4n) is 3.87. The molecule has 0 radical (unpaired) electrons. The highest BCUT2D eigenvalue weighted by atomic mass is 32.1. The summed E-state index contributed by atoms with van der Waals surface area (Å²) in [5, 5.41) is 12.0. The summed E-state index contributed by atoms with van der Waals surface area (Å²) in [6.07, 6.45) is 5.69. The van der Waals surface area contributed by atoms with Gasteiger partial charge in [0, 0.05) is 31.6 Å². The Bertz CT molecular complexity index is 571. The number of piperidine rings is 1. The number of carbonyl (C=O) groups excluding carboxylic acids is 1. The van der Waals surface area contributed by atoms with Crippen molar-refractivity contribution in [1.82, 2.24) is 9.88 Å².